The van der Waals surface area contributed by atoms with Gasteiger partial charge in [-0.15, -0.1) is 0 Å². The quantitative estimate of drug-likeness (QED) is 0.677. The van der Waals surface area contributed by atoms with Gasteiger partial charge in [0.25, 0.3) is 0 Å². The molecule has 8 heteroatoms. The zero-order valence-corrected chi connectivity index (χ0v) is 11.3. The van der Waals surface area contributed by atoms with Gasteiger partial charge in [-0.3, -0.25) is 9.59 Å². The lowest BCUT2D eigenvalue weighted by atomic mass is 10.2. The van der Waals surface area contributed by atoms with Crippen LogP contribution < -0.4 is 10.5 Å². The van der Waals surface area contributed by atoms with Gasteiger partial charge in [0.05, 0.1) is 4.90 Å². The fraction of sp³-hybridized carbons (Fsp3) is 0.333. The Morgan fingerprint density at radius 1 is 1.25 bits per heavy atom. The minimum atomic E-state index is -3.93. The van der Waals surface area contributed by atoms with Gasteiger partial charge in [0.2, 0.25) is 15.9 Å². The van der Waals surface area contributed by atoms with Crippen LogP contribution in [0.1, 0.15) is 23.2 Å². The average Bonchev–Trinajstić information content (AvgIpc) is 3.20. The third-order valence-corrected chi connectivity index (χ3v) is 4.55. The molecule has 0 radical (unpaired) electrons. The molecule has 1 atom stereocenters. The fourth-order valence-corrected chi connectivity index (χ4v) is 3.07. The van der Waals surface area contributed by atoms with Crippen LogP contribution in [0.25, 0.3) is 0 Å². The second-order valence-corrected chi connectivity index (χ2v) is 6.38. The molecule has 1 aromatic rings. The Balaban J connectivity index is 2.21. The van der Waals surface area contributed by atoms with Crippen molar-refractivity contribution < 1.29 is 23.1 Å². The zero-order chi connectivity index (χ0) is 14.9. The van der Waals surface area contributed by atoms with Crippen molar-refractivity contribution in [2.75, 3.05) is 0 Å². The molecule has 20 heavy (non-hydrogen) atoms. The number of nitrogens with two attached hydrogens (primary N) is 1. The van der Waals surface area contributed by atoms with E-state index in [9.17, 15) is 18.0 Å². The maximum absolute atomic E-state index is 12.1. The summed E-state index contributed by atoms with van der Waals surface area (Å²) in [6.07, 6.45) is 1.39. The van der Waals surface area contributed by atoms with Crippen LogP contribution >= 0.6 is 0 Å². The van der Waals surface area contributed by atoms with E-state index < -0.39 is 27.9 Å². The van der Waals surface area contributed by atoms with E-state index in [-0.39, 0.29) is 16.4 Å². The van der Waals surface area contributed by atoms with Crippen molar-refractivity contribution in [2.45, 2.75) is 23.8 Å². The first-order chi connectivity index (χ1) is 9.31. The molecule has 0 spiro atoms. The van der Waals surface area contributed by atoms with E-state index in [1.54, 1.807) is 0 Å². The van der Waals surface area contributed by atoms with Crippen molar-refractivity contribution >= 4 is 21.9 Å². The minimum absolute atomic E-state index is 0.102. The molecule has 1 unspecified atom stereocenters. The van der Waals surface area contributed by atoms with Crippen molar-refractivity contribution in [1.29, 1.82) is 0 Å². The normalized spacial score (nSPS) is 16.6. The summed E-state index contributed by atoms with van der Waals surface area (Å²) in [6.45, 7) is 0. The van der Waals surface area contributed by atoms with E-state index in [1.165, 1.54) is 24.3 Å². The Bertz CT molecular complexity index is 634. The number of carbonyl (C=O) groups is 2. The van der Waals surface area contributed by atoms with E-state index >= 15 is 0 Å². The van der Waals surface area contributed by atoms with Gasteiger partial charge >= 0.3 is 5.97 Å². The second kappa shape index (κ2) is 5.22. The number of carboxylic acids is 1. The van der Waals surface area contributed by atoms with E-state index in [0.29, 0.717) is 12.8 Å². The van der Waals surface area contributed by atoms with Gasteiger partial charge in [-0.1, -0.05) is 0 Å². The Morgan fingerprint density at radius 2 is 1.80 bits per heavy atom. The van der Waals surface area contributed by atoms with Crippen LogP contribution in [-0.2, 0) is 14.8 Å². The molecule has 1 amide bonds. The first-order valence-corrected chi connectivity index (χ1v) is 7.44. The molecule has 0 aliphatic heterocycles. The van der Waals surface area contributed by atoms with Gasteiger partial charge in [-0.05, 0) is 43.0 Å². The van der Waals surface area contributed by atoms with E-state index in [1.807, 2.05) is 0 Å². The number of carbonyl (C=O) groups excluding carboxylic acids is 1. The number of sulfonamides is 1. The molecule has 1 fully saturated rings. The number of hydrogen-bond donors (Lipinski definition) is 3. The van der Waals surface area contributed by atoms with Crippen LogP contribution in [0.4, 0.5) is 0 Å². The molecule has 0 saturated heterocycles. The summed E-state index contributed by atoms with van der Waals surface area (Å²) in [5.41, 5.74) is 5.24. The summed E-state index contributed by atoms with van der Waals surface area (Å²) in [7, 11) is -3.93. The highest BCUT2D eigenvalue weighted by Gasteiger charge is 2.39. The summed E-state index contributed by atoms with van der Waals surface area (Å²) >= 11 is 0. The molecule has 1 aliphatic rings. The number of primary amides is 1. The number of aliphatic carboxylic acids is 1. The molecule has 1 saturated carbocycles. The molecule has 2 rings (SSSR count). The lowest BCUT2D eigenvalue weighted by Gasteiger charge is -2.14. The third-order valence-electron chi connectivity index (χ3n) is 3.09. The van der Waals surface area contributed by atoms with Gasteiger partial charge in [-0.25, -0.2) is 8.42 Å². The Kier molecular flexibility index (Phi) is 3.78. The molecule has 0 heterocycles. The lowest BCUT2D eigenvalue weighted by Crippen LogP contribution is -2.42. The van der Waals surface area contributed by atoms with E-state index in [2.05, 4.69) is 4.72 Å². The highest BCUT2D eigenvalue weighted by atomic mass is 32.2. The summed E-state index contributed by atoms with van der Waals surface area (Å²) < 4.78 is 26.3. The summed E-state index contributed by atoms with van der Waals surface area (Å²) in [6, 6.07) is 3.88. The number of rotatable bonds is 6. The highest BCUT2D eigenvalue weighted by Crippen LogP contribution is 2.33. The predicted octanol–water partition coefficient (Wildman–Crippen LogP) is -0.0730. The van der Waals surface area contributed by atoms with Crippen molar-refractivity contribution in [1.82, 2.24) is 4.72 Å². The van der Waals surface area contributed by atoms with Crippen LogP contribution in [-0.4, -0.2) is 31.4 Å². The summed E-state index contributed by atoms with van der Waals surface area (Å²) in [5.74, 6) is -2.01. The molecule has 4 N–H and O–H groups in total. The minimum Gasteiger partial charge on any atom is -0.480 e. The topological polar surface area (TPSA) is 127 Å². The molecule has 7 nitrogen and oxygen atoms in total. The van der Waals surface area contributed by atoms with Gasteiger partial charge in [0.15, 0.2) is 0 Å². The number of benzene rings is 1. The molecular weight excluding hydrogens is 284 g/mol. The first-order valence-electron chi connectivity index (χ1n) is 5.96. The van der Waals surface area contributed by atoms with Crippen LogP contribution in [0.15, 0.2) is 29.2 Å². The Hall–Kier alpha value is -1.93. The van der Waals surface area contributed by atoms with Crippen LogP contribution in [0.3, 0.4) is 0 Å². The number of hydrogen-bond acceptors (Lipinski definition) is 4. The molecule has 108 valence electrons. The Labute approximate surface area is 115 Å². The summed E-state index contributed by atoms with van der Waals surface area (Å²) in [4.78, 5) is 21.8. The van der Waals surface area contributed by atoms with E-state index in [0.717, 1.165) is 0 Å². The monoisotopic (exact) mass is 298 g/mol. The SMILES string of the molecule is NC(=O)c1ccc(S(=O)(=O)NC(C(=O)O)C2CC2)cc1. The fourth-order valence-electron chi connectivity index (χ4n) is 1.81. The maximum atomic E-state index is 12.1. The number of amides is 1. The van der Waals surface area contributed by atoms with Crippen LogP contribution in [0.5, 0.6) is 0 Å². The molecule has 1 aromatic carbocycles. The van der Waals surface area contributed by atoms with Crippen molar-refractivity contribution in [3.05, 3.63) is 29.8 Å². The van der Waals surface area contributed by atoms with Crippen LogP contribution in [0, 0.1) is 5.92 Å². The largest absolute Gasteiger partial charge is 0.480 e. The highest BCUT2D eigenvalue weighted by molar-refractivity contribution is 7.89. The molecule has 1 aliphatic carbocycles. The maximum Gasteiger partial charge on any atom is 0.322 e. The zero-order valence-electron chi connectivity index (χ0n) is 10.4. The van der Waals surface area contributed by atoms with E-state index in [4.69, 9.17) is 10.8 Å². The average molecular weight is 298 g/mol. The van der Waals surface area contributed by atoms with Crippen molar-refractivity contribution in [2.24, 2.45) is 11.7 Å². The molecular formula is C12H14N2O5S. The standard InChI is InChI=1S/C12H14N2O5S/c13-11(15)8-3-5-9(6-4-8)20(18,19)14-10(12(16)17)7-1-2-7/h3-7,10,14H,1-2H2,(H2,13,15)(H,16,17). The second-order valence-electron chi connectivity index (χ2n) is 4.66. The molecule has 0 bridgehead atoms. The third kappa shape index (κ3) is 3.14. The smallest absolute Gasteiger partial charge is 0.322 e. The molecule has 0 aromatic heterocycles. The van der Waals surface area contributed by atoms with Crippen molar-refractivity contribution in [3.63, 3.8) is 0 Å². The number of nitrogens with one attached hydrogen (secondary N) is 1. The predicted molar refractivity (Wildman–Crippen MR) is 69.4 cm³/mol. The first kappa shape index (κ1) is 14.5. The number of carboxylic acid groups (broad SMARTS) is 1. The summed E-state index contributed by atoms with van der Waals surface area (Å²) in [5, 5.41) is 9.02. The van der Waals surface area contributed by atoms with Gasteiger partial charge in [-0.2, -0.15) is 4.72 Å². The van der Waals surface area contributed by atoms with Gasteiger partial charge in [0.1, 0.15) is 6.04 Å². The Morgan fingerprint density at radius 3 is 2.20 bits per heavy atom. The van der Waals surface area contributed by atoms with Gasteiger partial charge in [0, 0.05) is 5.56 Å². The van der Waals surface area contributed by atoms with Gasteiger partial charge < -0.3 is 10.8 Å². The lowest BCUT2D eigenvalue weighted by molar-refractivity contribution is -0.139. The van der Waals surface area contributed by atoms with Crippen LogP contribution in [0.2, 0.25) is 0 Å². The van der Waals surface area contributed by atoms with Crippen molar-refractivity contribution in [3.8, 4) is 0 Å².